The fourth-order valence-corrected chi connectivity index (χ4v) is 1.35. The molecule has 0 rings (SSSR count). The van der Waals surface area contributed by atoms with Gasteiger partial charge in [0.2, 0.25) is 0 Å². The fourth-order valence-electron chi connectivity index (χ4n) is 1.35. The van der Waals surface area contributed by atoms with E-state index in [4.69, 9.17) is 4.74 Å². The second-order valence-corrected chi connectivity index (χ2v) is 4.51. The molecule has 0 spiro atoms. The SMILES string of the molecule is CCNC(=NCCN(C)CCOC)NC(C)CC.I. The zero-order chi connectivity index (χ0) is 13.8. The molecule has 1 atom stereocenters. The second kappa shape index (κ2) is 14.3. The lowest BCUT2D eigenvalue weighted by Gasteiger charge is -2.18. The van der Waals surface area contributed by atoms with Gasteiger partial charge in [0, 0.05) is 32.8 Å². The molecule has 5 nitrogen and oxygen atoms in total. The van der Waals surface area contributed by atoms with E-state index >= 15 is 0 Å². The van der Waals surface area contributed by atoms with Gasteiger partial charge in [0.05, 0.1) is 13.2 Å². The normalized spacial score (nSPS) is 13.1. The molecule has 19 heavy (non-hydrogen) atoms. The Kier molecular flexibility index (Phi) is 16.0. The molecule has 0 aliphatic carbocycles. The van der Waals surface area contributed by atoms with Gasteiger partial charge < -0.3 is 20.3 Å². The first-order chi connectivity index (χ1) is 8.63. The number of nitrogens with one attached hydrogen (secondary N) is 2. The molecular formula is C13H31IN4O. The van der Waals surface area contributed by atoms with E-state index in [1.165, 1.54) is 0 Å². The van der Waals surface area contributed by atoms with Crippen molar-refractivity contribution >= 4 is 29.9 Å². The maximum Gasteiger partial charge on any atom is 0.191 e. The van der Waals surface area contributed by atoms with Crippen LogP contribution in [-0.4, -0.2) is 63.8 Å². The van der Waals surface area contributed by atoms with E-state index in [0.29, 0.717) is 6.04 Å². The van der Waals surface area contributed by atoms with E-state index in [1.54, 1.807) is 7.11 Å². The summed E-state index contributed by atoms with van der Waals surface area (Å²) in [6.07, 6.45) is 1.10. The Hall–Kier alpha value is -0.0800. The molecule has 0 fully saturated rings. The molecule has 0 aliphatic rings. The highest BCUT2D eigenvalue weighted by Gasteiger charge is 2.02. The fraction of sp³-hybridized carbons (Fsp3) is 0.923. The van der Waals surface area contributed by atoms with Crippen LogP contribution in [0.3, 0.4) is 0 Å². The topological polar surface area (TPSA) is 48.9 Å². The van der Waals surface area contributed by atoms with Crippen molar-refractivity contribution in [3.63, 3.8) is 0 Å². The van der Waals surface area contributed by atoms with E-state index in [9.17, 15) is 0 Å². The minimum atomic E-state index is 0. The van der Waals surface area contributed by atoms with E-state index < -0.39 is 0 Å². The number of aliphatic imine (C=N–C) groups is 1. The van der Waals surface area contributed by atoms with Gasteiger partial charge in [0.1, 0.15) is 0 Å². The molecule has 0 amide bonds. The summed E-state index contributed by atoms with van der Waals surface area (Å²) >= 11 is 0. The lowest BCUT2D eigenvalue weighted by Crippen LogP contribution is -2.42. The van der Waals surface area contributed by atoms with Crippen molar-refractivity contribution in [1.29, 1.82) is 0 Å². The summed E-state index contributed by atoms with van der Waals surface area (Å²) in [5.41, 5.74) is 0. The molecule has 0 saturated carbocycles. The van der Waals surface area contributed by atoms with Crippen molar-refractivity contribution in [2.75, 3.05) is 46.9 Å². The number of likely N-dealkylation sites (N-methyl/N-ethyl adjacent to an activating group) is 1. The van der Waals surface area contributed by atoms with E-state index in [0.717, 1.165) is 45.2 Å². The summed E-state index contributed by atoms with van der Waals surface area (Å²) in [5, 5.41) is 6.64. The number of hydrogen-bond acceptors (Lipinski definition) is 3. The molecule has 0 aromatic heterocycles. The summed E-state index contributed by atoms with van der Waals surface area (Å²) in [5.74, 6) is 0.909. The standard InChI is InChI=1S/C13H30N4O.HI/c1-6-12(3)16-13(14-7-2)15-8-9-17(4)10-11-18-5;/h12H,6-11H2,1-5H3,(H2,14,15,16);1H. The zero-order valence-electron chi connectivity index (χ0n) is 13.0. The molecule has 1 unspecified atom stereocenters. The van der Waals surface area contributed by atoms with Crippen molar-refractivity contribution in [3.05, 3.63) is 0 Å². The van der Waals surface area contributed by atoms with Crippen LogP contribution in [0, 0.1) is 0 Å². The lowest BCUT2D eigenvalue weighted by atomic mass is 10.3. The van der Waals surface area contributed by atoms with Crippen molar-refractivity contribution < 1.29 is 4.74 Å². The maximum absolute atomic E-state index is 5.04. The average Bonchev–Trinajstić information content (AvgIpc) is 2.36. The Balaban J connectivity index is 0. The van der Waals surface area contributed by atoms with Crippen LogP contribution in [0.15, 0.2) is 4.99 Å². The smallest absolute Gasteiger partial charge is 0.191 e. The molecule has 0 aromatic carbocycles. The zero-order valence-corrected chi connectivity index (χ0v) is 15.4. The predicted octanol–water partition coefficient (Wildman–Crippen LogP) is 1.54. The molecule has 0 aliphatic heterocycles. The first-order valence-electron chi connectivity index (χ1n) is 6.86. The van der Waals surface area contributed by atoms with Gasteiger partial charge in [-0.15, -0.1) is 24.0 Å². The van der Waals surface area contributed by atoms with E-state index in [-0.39, 0.29) is 24.0 Å². The van der Waals surface area contributed by atoms with Gasteiger partial charge in [-0.25, -0.2) is 0 Å². The molecule has 0 heterocycles. The number of guanidine groups is 1. The Morgan fingerprint density at radius 1 is 1.32 bits per heavy atom. The van der Waals surface area contributed by atoms with Gasteiger partial charge in [0.25, 0.3) is 0 Å². The third-order valence-corrected chi connectivity index (χ3v) is 2.77. The Bertz CT molecular complexity index is 227. The summed E-state index contributed by atoms with van der Waals surface area (Å²) in [7, 11) is 3.81. The quantitative estimate of drug-likeness (QED) is 0.359. The van der Waals surface area contributed by atoms with Crippen LogP contribution in [0.4, 0.5) is 0 Å². The van der Waals surface area contributed by atoms with Crippen LogP contribution in [0.1, 0.15) is 27.2 Å². The van der Waals surface area contributed by atoms with Crippen LogP contribution in [0.2, 0.25) is 0 Å². The molecule has 0 aromatic rings. The molecule has 0 saturated heterocycles. The monoisotopic (exact) mass is 386 g/mol. The van der Waals surface area contributed by atoms with Gasteiger partial charge in [-0.2, -0.15) is 0 Å². The Morgan fingerprint density at radius 2 is 2.00 bits per heavy atom. The first kappa shape index (κ1) is 21.2. The largest absolute Gasteiger partial charge is 0.383 e. The van der Waals surface area contributed by atoms with Crippen LogP contribution < -0.4 is 10.6 Å². The number of ether oxygens (including phenoxy) is 1. The number of halogens is 1. The molecule has 0 bridgehead atoms. The lowest BCUT2D eigenvalue weighted by molar-refractivity contribution is 0.163. The number of rotatable bonds is 9. The number of hydrogen-bond donors (Lipinski definition) is 2. The minimum Gasteiger partial charge on any atom is -0.383 e. The Morgan fingerprint density at radius 3 is 2.53 bits per heavy atom. The summed E-state index contributed by atoms with van der Waals surface area (Å²) in [6, 6.07) is 0.453. The molecule has 2 N–H and O–H groups in total. The Labute approximate surface area is 135 Å². The third kappa shape index (κ3) is 12.7. The van der Waals surface area contributed by atoms with Gasteiger partial charge in [-0.1, -0.05) is 6.92 Å². The number of methoxy groups -OCH3 is 1. The summed E-state index contributed by atoms with van der Waals surface area (Å²) in [6.45, 7) is 10.8. The second-order valence-electron chi connectivity index (χ2n) is 4.51. The van der Waals surface area contributed by atoms with Crippen LogP contribution in [-0.2, 0) is 4.74 Å². The maximum atomic E-state index is 5.04. The highest BCUT2D eigenvalue weighted by Crippen LogP contribution is 1.88. The van der Waals surface area contributed by atoms with Crippen molar-refractivity contribution in [2.45, 2.75) is 33.2 Å². The summed E-state index contributed by atoms with van der Waals surface area (Å²) < 4.78 is 5.04. The predicted molar refractivity (Wildman–Crippen MR) is 93.7 cm³/mol. The third-order valence-electron chi connectivity index (χ3n) is 2.77. The average molecular weight is 386 g/mol. The molecule has 116 valence electrons. The van der Waals surface area contributed by atoms with Gasteiger partial charge in [-0.3, -0.25) is 4.99 Å². The van der Waals surface area contributed by atoms with Crippen LogP contribution >= 0.6 is 24.0 Å². The minimum absolute atomic E-state index is 0. The van der Waals surface area contributed by atoms with Crippen molar-refractivity contribution in [2.24, 2.45) is 4.99 Å². The van der Waals surface area contributed by atoms with Crippen LogP contribution in [0.25, 0.3) is 0 Å². The van der Waals surface area contributed by atoms with Crippen molar-refractivity contribution in [3.8, 4) is 0 Å². The summed E-state index contributed by atoms with van der Waals surface area (Å²) in [4.78, 5) is 6.78. The number of nitrogens with zero attached hydrogens (tertiary/aromatic N) is 2. The van der Waals surface area contributed by atoms with Gasteiger partial charge in [0.15, 0.2) is 5.96 Å². The molecule has 0 radical (unpaired) electrons. The molecule has 6 heteroatoms. The van der Waals surface area contributed by atoms with Crippen LogP contribution in [0.5, 0.6) is 0 Å². The van der Waals surface area contributed by atoms with Crippen molar-refractivity contribution in [1.82, 2.24) is 15.5 Å². The first-order valence-corrected chi connectivity index (χ1v) is 6.86. The highest BCUT2D eigenvalue weighted by atomic mass is 127. The van der Waals surface area contributed by atoms with E-state index in [1.807, 2.05) is 0 Å². The highest BCUT2D eigenvalue weighted by molar-refractivity contribution is 14.0. The molecular weight excluding hydrogens is 355 g/mol. The van der Waals surface area contributed by atoms with Gasteiger partial charge in [-0.05, 0) is 27.3 Å². The van der Waals surface area contributed by atoms with Gasteiger partial charge >= 0.3 is 0 Å². The van der Waals surface area contributed by atoms with E-state index in [2.05, 4.69) is 48.3 Å².